The van der Waals surface area contributed by atoms with Gasteiger partial charge >= 0.3 is 6.18 Å². The minimum atomic E-state index is -4.83. The van der Waals surface area contributed by atoms with Crippen LogP contribution in [0.25, 0.3) is 5.57 Å². The van der Waals surface area contributed by atoms with Crippen molar-refractivity contribution in [2.45, 2.75) is 25.1 Å². The third kappa shape index (κ3) is 2.26. The van der Waals surface area contributed by atoms with E-state index in [4.69, 9.17) is 5.11 Å². The second-order valence-electron chi connectivity index (χ2n) is 5.92. The van der Waals surface area contributed by atoms with Crippen LogP contribution < -0.4 is 0 Å². The molecule has 5 heteroatoms. The van der Waals surface area contributed by atoms with Crippen molar-refractivity contribution in [3.63, 3.8) is 0 Å². The van der Waals surface area contributed by atoms with Crippen LogP contribution in [0.2, 0.25) is 0 Å². The summed E-state index contributed by atoms with van der Waals surface area (Å²) in [6, 6.07) is 6.11. The predicted molar refractivity (Wildman–Crippen MR) is 81.4 cm³/mol. The quantitative estimate of drug-likeness (QED) is 0.871. The molecular formula is C18H17F3O2. The molecule has 0 aliphatic heterocycles. The van der Waals surface area contributed by atoms with Gasteiger partial charge in [0.25, 0.3) is 0 Å². The standard InChI is InChI=1S/C18H17F3O2/c1-11-6-7-12(8-9-22)10-15-16(11)13-4-2-3-5-14(13)17(15,23)18(19,20)21/h2-7,10-11,22-23H,8-9H2,1H3. The summed E-state index contributed by atoms with van der Waals surface area (Å²) in [5.41, 5.74) is -1.78. The Morgan fingerprint density at radius 1 is 1.22 bits per heavy atom. The summed E-state index contributed by atoms with van der Waals surface area (Å²) >= 11 is 0. The van der Waals surface area contributed by atoms with E-state index in [1.165, 1.54) is 18.2 Å². The zero-order valence-corrected chi connectivity index (χ0v) is 12.6. The van der Waals surface area contributed by atoms with Gasteiger partial charge in [0, 0.05) is 23.7 Å². The summed E-state index contributed by atoms with van der Waals surface area (Å²) in [4.78, 5) is 0. The molecular weight excluding hydrogens is 305 g/mol. The second kappa shape index (κ2) is 5.35. The molecule has 2 atom stereocenters. The molecule has 0 saturated heterocycles. The number of halogens is 3. The molecule has 3 rings (SSSR count). The molecule has 0 bridgehead atoms. The van der Waals surface area contributed by atoms with Gasteiger partial charge in [0.05, 0.1) is 0 Å². The molecule has 2 unspecified atom stereocenters. The minimum absolute atomic E-state index is 0.126. The van der Waals surface area contributed by atoms with Crippen molar-refractivity contribution in [1.82, 2.24) is 0 Å². The minimum Gasteiger partial charge on any atom is -0.396 e. The van der Waals surface area contributed by atoms with Gasteiger partial charge in [-0.15, -0.1) is 0 Å². The molecule has 0 spiro atoms. The van der Waals surface area contributed by atoms with Gasteiger partial charge in [-0.25, -0.2) is 0 Å². The van der Waals surface area contributed by atoms with Crippen LogP contribution in [0.15, 0.2) is 53.6 Å². The fraction of sp³-hybridized carbons (Fsp3) is 0.333. The lowest BCUT2D eigenvalue weighted by atomic mass is 9.88. The number of rotatable bonds is 2. The van der Waals surface area contributed by atoms with Gasteiger partial charge < -0.3 is 10.2 Å². The van der Waals surface area contributed by atoms with E-state index >= 15 is 0 Å². The zero-order chi connectivity index (χ0) is 16.8. The Morgan fingerprint density at radius 2 is 1.91 bits per heavy atom. The van der Waals surface area contributed by atoms with Crippen LogP contribution in [0.1, 0.15) is 24.5 Å². The molecule has 2 nitrogen and oxygen atoms in total. The molecule has 0 aromatic heterocycles. The van der Waals surface area contributed by atoms with Crippen LogP contribution in [0, 0.1) is 5.92 Å². The highest BCUT2D eigenvalue weighted by Crippen LogP contribution is 2.56. The fourth-order valence-corrected chi connectivity index (χ4v) is 3.38. The molecule has 1 aromatic rings. The van der Waals surface area contributed by atoms with Gasteiger partial charge in [-0.3, -0.25) is 0 Å². The number of hydrogen-bond acceptors (Lipinski definition) is 2. The molecule has 2 aliphatic carbocycles. The highest BCUT2D eigenvalue weighted by molar-refractivity contribution is 5.85. The zero-order valence-electron chi connectivity index (χ0n) is 12.6. The van der Waals surface area contributed by atoms with Gasteiger partial charge in [0.2, 0.25) is 5.60 Å². The lowest BCUT2D eigenvalue weighted by Gasteiger charge is -2.29. The molecule has 2 aliphatic rings. The maximum Gasteiger partial charge on any atom is 0.425 e. The smallest absolute Gasteiger partial charge is 0.396 e. The van der Waals surface area contributed by atoms with Gasteiger partial charge in [-0.2, -0.15) is 13.2 Å². The van der Waals surface area contributed by atoms with Crippen LogP contribution in [0.5, 0.6) is 0 Å². The van der Waals surface area contributed by atoms with E-state index in [0.29, 0.717) is 16.7 Å². The lowest BCUT2D eigenvalue weighted by molar-refractivity contribution is -0.247. The first-order valence-electron chi connectivity index (χ1n) is 7.44. The monoisotopic (exact) mass is 322 g/mol. The molecule has 23 heavy (non-hydrogen) atoms. The lowest BCUT2D eigenvalue weighted by Crippen LogP contribution is -2.42. The summed E-state index contributed by atoms with van der Waals surface area (Å²) in [5, 5.41) is 19.8. The second-order valence-corrected chi connectivity index (χ2v) is 5.92. The van der Waals surface area contributed by atoms with Crippen molar-refractivity contribution in [3.8, 4) is 0 Å². The number of aliphatic hydroxyl groups excluding tert-OH is 1. The number of benzene rings is 1. The average Bonchev–Trinajstić information content (AvgIpc) is 2.63. The van der Waals surface area contributed by atoms with Crippen LogP contribution in [-0.4, -0.2) is 23.0 Å². The summed E-state index contributed by atoms with van der Waals surface area (Å²) < 4.78 is 41.4. The van der Waals surface area contributed by atoms with Gasteiger partial charge in [0.15, 0.2) is 0 Å². The van der Waals surface area contributed by atoms with Crippen molar-refractivity contribution in [3.05, 3.63) is 64.8 Å². The maximum absolute atomic E-state index is 13.8. The van der Waals surface area contributed by atoms with Gasteiger partial charge in [-0.1, -0.05) is 49.4 Å². The van der Waals surface area contributed by atoms with E-state index in [0.717, 1.165) is 0 Å². The van der Waals surface area contributed by atoms with Crippen LogP contribution >= 0.6 is 0 Å². The molecule has 1 aromatic carbocycles. The molecule has 2 N–H and O–H groups in total. The van der Waals surface area contributed by atoms with Crippen LogP contribution in [0.3, 0.4) is 0 Å². The highest BCUT2D eigenvalue weighted by atomic mass is 19.4. The van der Waals surface area contributed by atoms with Gasteiger partial charge in [0.1, 0.15) is 0 Å². The third-order valence-electron chi connectivity index (χ3n) is 4.48. The number of hydrogen-bond donors (Lipinski definition) is 2. The van der Waals surface area contributed by atoms with E-state index in [-0.39, 0.29) is 30.1 Å². The summed E-state index contributed by atoms with van der Waals surface area (Å²) in [6.45, 7) is 1.64. The van der Waals surface area contributed by atoms with Crippen molar-refractivity contribution in [2.75, 3.05) is 6.61 Å². The Balaban J connectivity index is 2.31. The summed E-state index contributed by atoms with van der Waals surface area (Å²) in [5.74, 6) is -0.269. The Hall–Kier alpha value is -1.85. The van der Waals surface area contributed by atoms with Crippen molar-refractivity contribution in [1.29, 1.82) is 0 Å². The molecule has 0 saturated carbocycles. The number of allylic oxidation sites excluding steroid dienone is 3. The third-order valence-corrected chi connectivity index (χ3v) is 4.48. The van der Waals surface area contributed by atoms with Crippen molar-refractivity contribution >= 4 is 5.57 Å². The van der Waals surface area contributed by atoms with E-state index in [1.54, 1.807) is 25.1 Å². The number of fused-ring (bicyclic) bond motifs is 2. The maximum atomic E-state index is 13.8. The Bertz CT molecular complexity index is 728. The van der Waals surface area contributed by atoms with Crippen molar-refractivity contribution < 1.29 is 23.4 Å². The topological polar surface area (TPSA) is 40.5 Å². The molecule has 0 amide bonds. The summed E-state index contributed by atoms with van der Waals surface area (Å²) in [6.07, 6.45) is 0.315. The van der Waals surface area contributed by atoms with E-state index in [1.807, 2.05) is 6.08 Å². The highest BCUT2D eigenvalue weighted by Gasteiger charge is 2.61. The van der Waals surface area contributed by atoms with Crippen LogP contribution in [-0.2, 0) is 5.60 Å². The van der Waals surface area contributed by atoms with Crippen LogP contribution in [0.4, 0.5) is 13.2 Å². The average molecular weight is 322 g/mol. The van der Waals surface area contributed by atoms with Crippen molar-refractivity contribution in [2.24, 2.45) is 5.92 Å². The predicted octanol–water partition coefficient (Wildman–Crippen LogP) is 3.72. The SMILES string of the molecule is CC1C=CC(CCO)=CC2=C1c1ccccc1C2(O)C(F)(F)F. The molecule has 122 valence electrons. The molecule has 0 heterocycles. The summed E-state index contributed by atoms with van der Waals surface area (Å²) in [7, 11) is 0. The first-order valence-corrected chi connectivity index (χ1v) is 7.44. The normalized spacial score (nSPS) is 26.7. The number of aliphatic hydroxyl groups is 2. The Labute approximate surface area is 132 Å². The molecule has 0 fully saturated rings. The largest absolute Gasteiger partial charge is 0.425 e. The van der Waals surface area contributed by atoms with E-state index in [2.05, 4.69) is 0 Å². The Morgan fingerprint density at radius 3 is 2.57 bits per heavy atom. The first kappa shape index (κ1) is 16.0. The van der Waals surface area contributed by atoms with Gasteiger partial charge in [-0.05, 0) is 23.1 Å². The Kier molecular flexibility index (Phi) is 3.73. The first-order chi connectivity index (χ1) is 10.8. The molecule has 0 radical (unpaired) electrons. The fourth-order valence-electron chi connectivity index (χ4n) is 3.38. The number of alkyl halides is 3. The van der Waals surface area contributed by atoms with E-state index < -0.39 is 11.8 Å². The van der Waals surface area contributed by atoms with E-state index in [9.17, 15) is 18.3 Å².